The Bertz CT molecular complexity index is 391. The van der Waals surface area contributed by atoms with E-state index in [1.54, 1.807) is 6.92 Å². The first kappa shape index (κ1) is 10.4. The number of hydrogen-bond donors (Lipinski definition) is 0. The lowest BCUT2D eigenvalue weighted by atomic mass is 9.95. The van der Waals surface area contributed by atoms with Crippen molar-refractivity contribution in [1.82, 2.24) is 4.90 Å². The Morgan fingerprint density at radius 2 is 1.87 bits per heavy atom. The summed E-state index contributed by atoms with van der Waals surface area (Å²) in [5, 5.41) is 0. The maximum Gasteiger partial charge on any atom is 0.160 e. The van der Waals surface area contributed by atoms with Crippen LogP contribution in [0.2, 0.25) is 0 Å². The van der Waals surface area contributed by atoms with Crippen LogP contribution in [0.25, 0.3) is 0 Å². The summed E-state index contributed by atoms with van der Waals surface area (Å²) in [6, 6.07) is 7.97. The van der Waals surface area contributed by atoms with Crippen LogP contribution in [0.5, 0.6) is 0 Å². The third kappa shape index (κ3) is 1.59. The second-order valence-electron chi connectivity index (χ2n) is 4.53. The maximum absolute atomic E-state index is 11.5. The minimum atomic E-state index is 0.127. The van der Waals surface area contributed by atoms with Gasteiger partial charge in [0.2, 0.25) is 0 Å². The van der Waals surface area contributed by atoms with Crippen molar-refractivity contribution in [3.63, 3.8) is 0 Å². The molecule has 0 aliphatic heterocycles. The van der Waals surface area contributed by atoms with Crippen LogP contribution in [0.3, 0.4) is 0 Å². The van der Waals surface area contributed by atoms with Crippen LogP contribution in [0.1, 0.15) is 35.7 Å². The number of ketones is 1. The molecule has 1 aliphatic rings. The van der Waals surface area contributed by atoms with Crippen LogP contribution in [-0.4, -0.2) is 24.8 Å². The third-order valence-electron chi connectivity index (χ3n) is 3.39. The second-order valence-corrected chi connectivity index (χ2v) is 4.53. The average molecular weight is 203 g/mol. The summed E-state index contributed by atoms with van der Waals surface area (Å²) in [4.78, 5) is 13.8. The largest absolute Gasteiger partial charge is 0.300 e. The first-order valence-electron chi connectivity index (χ1n) is 5.36. The SMILES string of the molecule is CC(=O)c1ccccc1C1(N(C)C)CC1. The Morgan fingerprint density at radius 1 is 1.27 bits per heavy atom. The van der Waals surface area contributed by atoms with Crippen LogP contribution < -0.4 is 0 Å². The van der Waals surface area contributed by atoms with Gasteiger partial charge in [0.25, 0.3) is 0 Å². The minimum Gasteiger partial charge on any atom is -0.300 e. The van der Waals surface area contributed by atoms with Gasteiger partial charge in [0, 0.05) is 11.1 Å². The second kappa shape index (κ2) is 3.46. The number of benzene rings is 1. The Balaban J connectivity index is 2.49. The van der Waals surface area contributed by atoms with Gasteiger partial charge in [-0.15, -0.1) is 0 Å². The first-order valence-corrected chi connectivity index (χ1v) is 5.36. The zero-order valence-electron chi connectivity index (χ0n) is 9.58. The quantitative estimate of drug-likeness (QED) is 0.703. The van der Waals surface area contributed by atoms with Crippen LogP contribution in [0, 0.1) is 0 Å². The molecule has 0 bridgehead atoms. The Morgan fingerprint density at radius 3 is 2.33 bits per heavy atom. The number of carbonyl (C=O) groups is 1. The van der Waals surface area contributed by atoms with Gasteiger partial charge in [0.1, 0.15) is 0 Å². The highest BCUT2D eigenvalue weighted by molar-refractivity contribution is 5.96. The molecule has 1 aromatic rings. The van der Waals surface area contributed by atoms with E-state index in [0.29, 0.717) is 0 Å². The van der Waals surface area contributed by atoms with Crippen LogP contribution in [0.4, 0.5) is 0 Å². The topological polar surface area (TPSA) is 20.3 Å². The standard InChI is InChI=1S/C13H17NO/c1-10(15)11-6-4-5-7-12(11)13(8-9-13)14(2)3/h4-7H,8-9H2,1-3H3. The van der Waals surface area contributed by atoms with Gasteiger partial charge in [-0.1, -0.05) is 24.3 Å². The Labute approximate surface area is 90.9 Å². The van der Waals surface area contributed by atoms with E-state index < -0.39 is 0 Å². The highest BCUT2D eigenvalue weighted by atomic mass is 16.1. The molecule has 1 fully saturated rings. The molecule has 2 rings (SSSR count). The summed E-state index contributed by atoms with van der Waals surface area (Å²) >= 11 is 0. The fraction of sp³-hybridized carbons (Fsp3) is 0.462. The molecule has 2 heteroatoms. The molecule has 0 saturated heterocycles. The molecule has 0 heterocycles. The van der Waals surface area contributed by atoms with Crippen molar-refractivity contribution in [3.05, 3.63) is 35.4 Å². The van der Waals surface area contributed by atoms with Gasteiger partial charge in [-0.3, -0.25) is 9.69 Å². The van der Waals surface area contributed by atoms with E-state index in [1.165, 1.54) is 5.56 Å². The Hall–Kier alpha value is -1.15. The number of Topliss-reactive ketones (excluding diaryl/α,β-unsaturated/α-hetero) is 1. The van der Waals surface area contributed by atoms with E-state index in [9.17, 15) is 4.79 Å². The molecule has 1 aliphatic carbocycles. The number of rotatable bonds is 3. The summed E-state index contributed by atoms with van der Waals surface area (Å²) in [5.41, 5.74) is 2.20. The highest BCUT2D eigenvalue weighted by Crippen LogP contribution is 2.50. The van der Waals surface area contributed by atoms with E-state index in [1.807, 2.05) is 18.2 Å². The van der Waals surface area contributed by atoms with Crippen molar-refractivity contribution >= 4 is 5.78 Å². The molecule has 2 nitrogen and oxygen atoms in total. The van der Waals surface area contributed by atoms with Crippen molar-refractivity contribution in [2.75, 3.05) is 14.1 Å². The fourth-order valence-corrected chi connectivity index (χ4v) is 2.27. The summed E-state index contributed by atoms with van der Waals surface area (Å²) in [7, 11) is 4.17. The van der Waals surface area contributed by atoms with E-state index in [-0.39, 0.29) is 11.3 Å². The van der Waals surface area contributed by atoms with Gasteiger partial charge >= 0.3 is 0 Å². The lowest BCUT2D eigenvalue weighted by Gasteiger charge is -2.25. The molecule has 1 saturated carbocycles. The van der Waals surface area contributed by atoms with E-state index >= 15 is 0 Å². The molecule has 0 spiro atoms. The normalized spacial score (nSPS) is 17.9. The molecule has 15 heavy (non-hydrogen) atoms. The van der Waals surface area contributed by atoms with Gasteiger partial charge < -0.3 is 0 Å². The molecule has 0 atom stereocenters. The summed E-state index contributed by atoms with van der Waals surface area (Å²) in [6.07, 6.45) is 2.31. The van der Waals surface area contributed by atoms with Gasteiger partial charge in [-0.05, 0) is 39.4 Å². The lowest BCUT2D eigenvalue weighted by molar-refractivity contribution is 0.101. The Kier molecular flexibility index (Phi) is 2.39. The molecule has 0 amide bonds. The highest BCUT2D eigenvalue weighted by Gasteiger charge is 2.47. The molecule has 0 radical (unpaired) electrons. The van der Waals surface area contributed by atoms with Crippen molar-refractivity contribution in [2.45, 2.75) is 25.3 Å². The van der Waals surface area contributed by atoms with E-state index in [4.69, 9.17) is 0 Å². The van der Waals surface area contributed by atoms with Crippen LogP contribution in [-0.2, 0) is 5.54 Å². The summed E-state index contributed by atoms with van der Waals surface area (Å²) in [5.74, 6) is 0.165. The smallest absolute Gasteiger partial charge is 0.160 e. The third-order valence-corrected chi connectivity index (χ3v) is 3.39. The van der Waals surface area contributed by atoms with Crippen molar-refractivity contribution < 1.29 is 4.79 Å². The maximum atomic E-state index is 11.5. The van der Waals surface area contributed by atoms with E-state index in [0.717, 1.165) is 18.4 Å². The van der Waals surface area contributed by atoms with Crippen molar-refractivity contribution in [3.8, 4) is 0 Å². The first-order chi connectivity index (χ1) is 7.08. The van der Waals surface area contributed by atoms with E-state index in [2.05, 4.69) is 25.1 Å². The zero-order chi connectivity index (χ0) is 11.1. The summed E-state index contributed by atoms with van der Waals surface area (Å²) in [6.45, 7) is 1.64. The van der Waals surface area contributed by atoms with Gasteiger partial charge in [-0.2, -0.15) is 0 Å². The minimum absolute atomic E-state index is 0.127. The van der Waals surface area contributed by atoms with Crippen LogP contribution >= 0.6 is 0 Å². The summed E-state index contributed by atoms with van der Waals surface area (Å²) < 4.78 is 0. The molecular formula is C13H17NO. The number of carbonyl (C=O) groups excluding carboxylic acids is 1. The fourth-order valence-electron chi connectivity index (χ4n) is 2.27. The molecular weight excluding hydrogens is 186 g/mol. The molecule has 0 aromatic heterocycles. The van der Waals surface area contributed by atoms with Gasteiger partial charge in [-0.25, -0.2) is 0 Å². The van der Waals surface area contributed by atoms with Crippen molar-refractivity contribution in [2.24, 2.45) is 0 Å². The zero-order valence-corrected chi connectivity index (χ0v) is 9.58. The number of hydrogen-bond acceptors (Lipinski definition) is 2. The number of nitrogens with zero attached hydrogens (tertiary/aromatic N) is 1. The molecule has 0 unspecified atom stereocenters. The van der Waals surface area contributed by atoms with Crippen LogP contribution in [0.15, 0.2) is 24.3 Å². The van der Waals surface area contributed by atoms with Gasteiger partial charge in [0.05, 0.1) is 0 Å². The molecule has 1 aromatic carbocycles. The lowest BCUT2D eigenvalue weighted by Crippen LogP contribution is -2.29. The molecule has 0 N–H and O–H groups in total. The molecule has 80 valence electrons. The average Bonchev–Trinajstić information content (AvgIpc) is 2.98. The predicted octanol–water partition coefficient (Wildman–Crippen LogP) is 2.44. The monoisotopic (exact) mass is 203 g/mol. The predicted molar refractivity (Wildman–Crippen MR) is 61.0 cm³/mol. The van der Waals surface area contributed by atoms with Crippen molar-refractivity contribution in [1.29, 1.82) is 0 Å². The van der Waals surface area contributed by atoms with Gasteiger partial charge in [0.15, 0.2) is 5.78 Å².